The summed E-state index contributed by atoms with van der Waals surface area (Å²) < 4.78 is 7.44. The number of fused-ring (bicyclic) bond motifs is 1. The largest absolute Gasteiger partial charge is 0.496 e. The number of guanidine groups is 1. The number of rotatable bonds is 6. The lowest BCUT2D eigenvalue weighted by molar-refractivity contribution is 0.408. The summed E-state index contributed by atoms with van der Waals surface area (Å²) in [6.45, 7) is 3.39. The van der Waals surface area contributed by atoms with Crippen LogP contribution in [0, 0.1) is 6.92 Å². The second kappa shape index (κ2) is 10.1. The Morgan fingerprint density at radius 1 is 1.19 bits per heavy atom. The average molecular weight is 480 g/mol. The van der Waals surface area contributed by atoms with E-state index < -0.39 is 0 Å². The molecule has 0 saturated heterocycles. The van der Waals surface area contributed by atoms with Crippen LogP contribution in [-0.2, 0) is 13.0 Å². The molecule has 7 nitrogen and oxygen atoms in total. The number of aryl methyl sites for hydroxylation is 1. The molecule has 2 aromatic heterocycles. The van der Waals surface area contributed by atoms with Gasteiger partial charge in [-0.2, -0.15) is 0 Å². The maximum absolute atomic E-state index is 5.44. The minimum Gasteiger partial charge on any atom is -0.496 e. The second-order valence-electron chi connectivity index (χ2n) is 5.96. The number of ether oxygens (including phenoxy) is 1. The highest BCUT2D eigenvalue weighted by atomic mass is 127. The molecule has 0 fully saturated rings. The molecular formula is C19H25IN6O. The van der Waals surface area contributed by atoms with E-state index in [1.165, 1.54) is 5.56 Å². The minimum atomic E-state index is 0. The van der Waals surface area contributed by atoms with Crippen molar-refractivity contribution in [3.05, 3.63) is 59.5 Å². The molecule has 27 heavy (non-hydrogen) atoms. The third-order valence-electron chi connectivity index (χ3n) is 4.14. The Morgan fingerprint density at radius 3 is 2.81 bits per heavy atom. The molecule has 0 bridgehead atoms. The molecule has 0 radical (unpaired) electrons. The first-order valence-corrected chi connectivity index (χ1v) is 8.58. The van der Waals surface area contributed by atoms with Crippen LogP contribution < -0.4 is 15.4 Å². The van der Waals surface area contributed by atoms with Crippen LogP contribution in [-0.4, -0.2) is 41.3 Å². The Balaban J connectivity index is 0.00000261. The van der Waals surface area contributed by atoms with Gasteiger partial charge in [0.05, 0.1) is 7.11 Å². The van der Waals surface area contributed by atoms with Gasteiger partial charge in [-0.05, 0) is 30.7 Å². The standard InChI is InChI=1S/C19H24N6O.HI/c1-14-7-8-15(16(12-14)26-3)13-22-19(20-2)21-10-9-18-24-23-17-6-4-5-11-25(17)18;/h4-8,11-12H,9-10,13H2,1-3H3,(H2,20,21,22);1H. The highest BCUT2D eigenvalue weighted by Gasteiger charge is 2.07. The molecule has 3 aromatic rings. The number of aliphatic imine (C=N–C) groups is 1. The lowest BCUT2D eigenvalue weighted by atomic mass is 10.1. The molecule has 0 amide bonds. The topological polar surface area (TPSA) is 75.8 Å². The summed E-state index contributed by atoms with van der Waals surface area (Å²) in [7, 11) is 3.45. The van der Waals surface area contributed by atoms with Crippen molar-refractivity contribution in [2.45, 2.75) is 19.9 Å². The fraction of sp³-hybridized carbons (Fsp3) is 0.316. The van der Waals surface area contributed by atoms with Gasteiger partial charge in [0.25, 0.3) is 0 Å². The van der Waals surface area contributed by atoms with Crippen LogP contribution in [0.5, 0.6) is 5.75 Å². The van der Waals surface area contributed by atoms with Crippen molar-refractivity contribution in [3.63, 3.8) is 0 Å². The minimum absolute atomic E-state index is 0. The van der Waals surface area contributed by atoms with Crippen molar-refractivity contribution in [2.75, 3.05) is 20.7 Å². The van der Waals surface area contributed by atoms with Gasteiger partial charge in [0.2, 0.25) is 0 Å². The molecule has 0 unspecified atom stereocenters. The number of aromatic nitrogens is 3. The lowest BCUT2D eigenvalue weighted by Crippen LogP contribution is -2.38. The maximum Gasteiger partial charge on any atom is 0.191 e. The van der Waals surface area contributed by atoms with Crippen molar-refractivity contribution >= 4 is 35.6 Å². The van der Waals surface area contributed by atoms with E-state index in [0.29, 0.717) is 13.1 Å². The fourth-order valence-electron chi connectivity index (χ4n) is 2.75. The van der Waals surface area contributed by atoms with Gasteiger partial charge in [-0.15, -0.1) is 34.2 Å². The van der Waals surface area contributed by atoms with Gasteiger partial charge in [0.1, 0.15) is 11.6 Å². The van der Waals surface area contributed by atoms with E-state index in [9.17, 15) is 0 Å². The van der Waals surface area contributed by atoms with E-state index in [-0.39, 0.29) is 24.0 Å². The Hall–Kier alpha value is -2.36. The van der Waals surface area contributed by atoms with E-state index in [2.05, 4.69) is 44.9 Å². The SMILES string of the molecule is CN=C(NCCc1nnc2ccccn12)NCc1ccc(C)cc1OC.I. The first kappa shape index (κ1) is 20.9. The smallest absolute Gasteiger partial charge is 0.191 e. The van der Waals surface area contributed by atoms with Crippen molar-refractivity contribution < 1.29 is 4.74 Å². The molecule has 0 spiro atoms. The maximum atomic E-state index is 5.44. The Kier molecular flexibility index (Phi) is 7.83. The zero-order valence-corrected chi connectivity index (χ0v) is 18.1. The molecule has 0 aliphatic heterocycles. The number of nitrogens with zero attached hydrogens (tertiary/aromatic N) is 4. The van der Waals surface area contributed by atoms with E-state index in [1.807, 2.05) is 34.9 Å². The number of pyridine rings is 1. The quantitative estimate of drug-likeness (QED) is 0.322. The predicted molar refractivity (Wildman–Crippen MR) is 118 cm³/mol. The molecule has 0 aliphatic rings. The van der Waals surface area contributed by atoms with E-state index in [0.717, 1.165) is 35.2 Å². The number of hydrogen-bond donors (Lipinski definition) is 2. The lowest BCUT2D eigenvalue weighted by Gasteiger charge is -2.14. The monoisotopic (exact) mass is 480 g/mol. The van der Waals surface area contributed by atoms with Gasteiger partial charge >= 0.3 is 0 Å². The van der Waals surface area contributed by atoms with Crippen LogP contribution in [0.25, 0.3) is 5.65 Å². The van der Waals surface area contributed by atoms with E-state index in [4.69, 9.17) is 4.74 Å². The number of hydrogen-bond acceptors (Lipinski definition) is 4. The average Bonchev–Trinajstić information content (AvgIpc) is 3.08. The Bertz CT molecular complexity index is 908. The summed E-state index contributed by atoms with van der Waals surface area (Å²) in [5, 5.41) is 15.0. The van der Waals surface area contributed by atoms with E-state index in [1.54, 1.807) is 14.2 Å². The Labute approximate surface area is 176 Å². The molecule has 0 saturated carbocycles. The van der Waals surface area contributed by atoms with Gasteiger partial charge in [-0.25, -0.2) is 0 Å². The van der Waals surface area contributed by atoms with Crippen LogP contribution in [0.2, 0.25) is 0 Å². The zero-order chi connectivity index (χ0) is 18.4. The number of halogens is 1. The molecule has 8 heteroatoms. The summed E-state index contributed by atoms with van der Waals surface area (Å²) in [4.78, 5) is 4.27. The van der Waals surface area contributed by atoms with E-state index >= 15 is 0 Å². The summed E-state index contributed by atoms with van der Waals surface area (Å²) in [5.74, 6) is 2.54. The third kappa shape index (κ3) is 5.31. The highest BCUT2D eigenvalue weighted by Crippen LogP contribution is 2.19. The zero-order valence-electron chi connectivity index (χ0n) is 15.8. The molecule has 0 atom stereocenters. The Morgan fingerprint density at radius 2 is 2.04 bits per heavy atom. The predicted octanol–water partition coefficient (Wildman–Crippen LogP) is 2.57. The van der Waals surface area contributed by atoms with Gasteiger partial charge in [-0.1, -0.05) is 18.2 Å². The molecule has 2 N–H and O–H groups in total. The van der Waals surface area contributed by atoms with Gasteiger partial charge in [0, 0.05) is 38.3 Å². The normalized spacial score (nSPS) is 11.1. The van der Waals surface area contributed by atoms with Gasteiger partial charge in [-0.3, -0.25) is 9.39 Å². The summed E-state index contributed by atoms with van der Waals surface area (Å²) >= 11 is 0. The van der Waals surface area contributed by atoms with Crippen molar-refractivity contribution in [1.82, 2.24) is 25.2 Å². The fourth-order valence-corrected chi connectivity index (χ4v) is 2.75. The van der Waals surface area contributed by atoms with Crippen molar-refractivity contribution in [1.29, 1.82) is 0 Å². The number of methoxy groups -OCH3 is 1. The molecule has 0 aliphatic carbocycles. The van der Waals surface area contributed by atoms with Crippen LogP contribution in [0.1, 0.15) is 17.0 Å². The van der Waals surface area contributed by atoms with Crippen molar-refractivity contribution in [2.24, 2.45) is 4.99 Å². The third-order valence-corrected chi connectivity index (χ3v) is 4.14. The highest BCUT2D eigenvalue weighted by molar-refractivity contribution is 14.0. The molecular weight excluding hydrogens is 455 g/mol. The number of benzene rings is 1. The van der Waals surface area contributed by atoms with Crippen LogP contribution in [0.15, 0.2) is 47.6 Å². The molecule has 2 heterocycles. The molecule has 3 rings (SSSR count). The summed E-state index contributed by atoms with van der Waals surface area (Å²) in [6, 6.07) is 12.0. The molecule has 1 aromatic carbocycles. The van der Waals surface area contributed by atoms with Crippen molar-refractivity contribution in [3.8, 4) is 5.75 Å². The van der Waals surface area contributed by atoms with Gasteiger partial charge < -0.3 is 15.4 Å². The van der Waals surface area contributed by atoms with Crippen LogP contribution >= 0.6 is 24.0 Å². The first-order valence-electron chi connectivity index (χ1n) is 8.58. The summed E-state index contributed by atoms with van der Waals surface area (Å²) in [6.07, 6.45) is 2.72. The van der Waals surface area contributed by atoms with Gasteiger partial charge in [0.15, 0.2) is 11.6 Å². The molecule has 144 valence electrons. The van der Waals surface area contributed by atoms with Crippen LogP contribution in [0.3, 0.4) is 0 Å². The summed E-state index contributed by atoms with van der Waals surface area (Å²) in [5.41, 5.74) is 3.12. The first-order chi connectivity index (χ1) is 12.7. The van der Waals surface area contributed by atoms with Crippen LogP contribution in [0.4, 0.5) is 0 Å². The number of nitrogens with one attached hydrogen (secondary N) is 2. The second-order valence-corrected chi connectivity index (χ2v) is 5.96.